The average Bonchev–Trinajstić information content (AvgIpc) is 2.96. The lowest BCUT2D eigenvalue weighted by Gasteiger charge is -2.14. The Morgan fingerprint density at radius 3 is 2.38 bits per heavy atom. The molecule has 0 aliphatic carbocycles. The number of para-hydroxylation sites is 1. The molecule has 0 aliphatic heterocycles. The van der Waals surface area contributed by atoms with Gasteiger partial charge in [0, 0.05) is 6.04 Å². The van der Waals surface area contributed by atoms with Gasteiger partial charge in [-0.2, -0.15) is 5.10 Å². The van der Waals surface area contributed by atoms with E-state index in [0.717, 1.165) is 18.5 Å². The van der Waals surface area contributed by atoms with Gasteiger partial charge in [-0.25, -0.2) is 4.68 Å². The van der Waals surface area contributed by atoms with Crippen LogP contribution in [0.4, 0.5) is 0 Å². The van der Waals surface area contributed by atoms with Crippen molar-refractivity contribution in [1.82, 2.24) is 15.1 Å². The predicted octanol–water partition coefficient (Wildman–Crippen LogP) is 4.59. The number of amides is 1. The van der Waals surface area contributed by atoms with Gasteiger partial charge >= 0.3 is 0 Å². The maximum atomic E-state index is 12.7. The van der Waals surface area contributed by atoms with Crippen LogP contribution in [0.1, 0.15) is 35.0 Å². The third-order valence-corrected chi connectivity index (χ3v) is 4.67. The molecule has 5 heteroatoms. The number of aryl methyl sites for hydroxylation is 2. The van der Waals surface area contributed by atoms with Crippen LogP contribution in [0, 0.1) is 6.92 Å². The van der Waals surface area contributed by atoms with Crippen LogP contribution in [0.25, 0.3) is 5.69 Å². The van der Waals surface area contributed by atoms with Gasteiger partial charge in [0.2, 0.25) is 0 Å². The number of carbonyl (C=O) groups is 1. The molecule has 0 unspecified atom stereocenters. The Balaban J connectivity index is 1.69. The minimum Gasteiger partial charge on any atom is -0.349 e. The lowest BCUT2D eigenvalue weighted by molar-refractivity contribution is 0.0938. The highest BCUT2D eigenvalue weighted by molar-refractivity contribution is 6.33. The fraction of sp³-hybridized carbons (Fsp3) is 0.238. The number of hydrogen-bond donors (Lipinski definition) is 1. The van der Waals surface area contributed by atoms with E-state index in [9.17, 15) is 4.79 Å². The highest BCUT2D eigenvalue weighted by atomic mass is 35.5. The lowest BCUT2D eigenvalue weighted by atomic mass is 10.1. The molecule has 0 fully saturated rings. The monoisotopic (exact) mass is 367 g/mol. The van der Waals surface area contributed by atoms with Crippen molar-refractivity contribution in [2.24, 2.45) is 0 Å². The molecule has 26 heavy (non-hydrogen) atoms. The van der Waals surface area contributed by atoms with E-state index in [1.165, 1.54) is 5.56 Å². The fourth-order valence-electron chi connectivity index (χ4n) is 2.89. The van der Waals surface area contributed by atoms with Crippen molar-refractivity contribution in [3.8, 4) is 5.69 Å². The third-order valence-electron chi connectivity index (χ3n) is 4.32. The molecule has 0 radical (unpaired) electrons. The summed E-state index contributed by atoms with van der Waals surface area (Å²) in [6, 6.07) is 19.9. The Hall–Kier alpha value is -2.59. The van der Waals surface area contributed by atoms with Crippen molar-refractivity contribution >= 4 is 17.5 Å². The van der Waals surface area contributed by atoms with Crippen molar-refractivity contribution < 1.29 is 4.79 Å². The first-order valence-corrected chi connectivity index (χ1v) is 9.09. The highest BCUT2D eigenvalue weighted by Crippen LogP contribution is 2.23. The Labute approximate surface area is 158 Å². The summed E-state index contributed by atoms with van der Waals surface area (Å²) in [6.45, 7) is 3.81. The molecule has 4 nitrogen and oxygen atoms in total. The summed E-state index contributed by atoms with van der Waals surface area (Å²) in [4.78, 5) is 12.7. The van der Waals surface area contributed by atoms with E-state index in [4.69, 9.17) is 11.6 Å². The van der Waals surface area contributed by atoms with E-state index in [1.54, 1.807) is 11.6 Å². The molecule has 134 valence electrons. The van der Waals surface area contributed by atoms with Gasteiger partial charge in [-0.1, -0.05) is 60.1 Å². The number of carbonyl (C=O) groups excluding carboxylic acids is 1. The van der Waals surface area contributed by atoms with Crippen LogP contribution in [0.2, 0.25) is 5.15 Å². The van der Waals surface area contributed by atoms with Crippen LogP contribution in [-0.2, 0) is 6.42 Å². The standard InChI is InChI=1S/C21H22ClN3O/c1-15(13-14-17-9-5-3-6-10-17)23-21(26)19-16(2)24-25(20(19)22)18-11-7-4-8-12-18/h3-12,15H,13-14H2,1-2H3,(H,23,26)/t15-/m0/s1. The molecule has 2 aromatic carbocycles. The molecule has 0 saturated heterocycles. The number of nitrogens with one attached hydrogen (secondary N) is 1. The minimum absolute atomic E-state index is 0.0400. The molecular weight excluding hydrogens is 346 g/mol. The van der Waals surface area contributed by atoms with Crippen molar-refractivity contribution in [2.75, 3.05) is 0 Å². The molecular formula is C21H22ClN3O. The zero-order chi connectivity index (χ0) is 18.5. The molecule has 0 saturated carbocycles. The maximum absolute atomic E-state index is 12.7. The first-order chi connectivity index (χ1) is 12.6. The summed E-state index contributed by atoms with van der Waals surface area (Å²) in [5.74, 6) is -0.185. The van der Waals surface area contributed by atoms with Gasteiger partial charge in [0.15, 0.2) is 0 Å². The second kappa shape index (κ2) is 8.19. The summed E-state index contributed by atoms with van der Waals surface area (Å²) in [6.07, 6.45) is 1.78. The molecule has 1 N–H and O–H groups in total. The van der Waals surface area contributed by atoms with Crippen molar-refractivity contribution in [1.29, 1.82) is 0 Å². The summed E-state index contributed by atoms with van der Waals surface area (Å²) in [7, 11) is 0. The van der Waals surface area contributed by atoms with Crippen LogP contribution in [-0.4, -0.2) is 21.7 Å². The zero-order valence-corrected chi connectivity index (χ0v) is 15.7. The van der Waals surface area contributed by atoms with Gasteiger partial charge in [0.05, 0.1) is 16.9 Å². The summed E-state index contributed by atoms with van der Waals surface area (Å²) in [5.41, 5.74) is 3.14. The second-order valence-corrected chi connectivity index (χ2v) is 6.76. The van der Waals surface area contributed by atoms with Crippen LogP contribution >= 0.6 is 11.6 Å². The smallest absolute Gasteiger partial charge is 0.256 e. The van der Waals surface area contributed by atoms with E-state index < -0.39 is 0 Å². The van der Waals surface area contributed by atoms with Gasteiger partial charge in [-0.05, 0) is 44.4 Å². The Morgan fingerprint density at radius 1 is 1.12 bits per heavy atom. The second-order valence-electron chi connectivity index (χ2n) is 6.40. The van der Waals surface area contributed by atoms with Crippen LogP contribution in [0.3, 0.4) is 0 Å². The summed E-state index contributed by atoms with van der Waals surface area (Å²) >= 11 is 6.46. The quantitative estimate of drug-likeness (QED) is 0.692. The highest BCUT2D eigenvalue weighted by Gasteiger charge is 2.22. The van der Waals surface area contributed by atoms with E-state index in [1.807, 2.05) is 55.5 Å². The van der Waals surface area contributed by atoms with E-state index >= 15 is 0 Å². The predicted molar refractivity (Wildman–Crippen MR) is 105 cm³/mol. The topological polar surface area (TPSA) is 46.9 Å². The molecule has 1 amide bonds. The lowest BCUT2D eigenvalue weighted by Crippen LogP contribution is -2.33. The summed E-state index contributed by atoms with van der Waals surface area (Å²) < 4.78 is 1.60. The Morgan fingerprint density at radius 2 is 1.73 bits per heavy atom. The number of halogens is 1. The zero-order valence-electron chi connectivity index (χ0n) is 14.9. The number of aromatic nitrogens is 2. The van der Waals surface area contributed by atoms with Crippen LogP contribution in [0.15, 0.2) is 60.7 Å². The van der Waals surface area contributed by atoms with Crippen LogP contribution in [0.5, 0.6) is 0 Å². The SMILES string of the molecule is Cc1nn(-c2ccccc2)c(Cl)c1C(=O)N[C@@H](C)CCc1ccccc1. The van der Waals surface area contributed by atoms with Gasteiger partial charge < -0.3 is 5.32 Å². The Kier molecular flexibility index (Phi) is 5.74. The van der Waals surface area contributed by atoms with Gasteiger partial charge in [0.25, 0.3) is 5.91 Å². The van der Waals surface area contributed by atoms with E-state index in [2.05, 4.69) is 22.5 Å². The fourth-order valence-corrected chi connectivity index (χ4v) is 3.25. The van der Waals surface area contributed by atoms with E-state index in [0.29, 0.717) is 16.4 Å². The molecule has 1 aromatic heterocycles. The first-order valence-electron chi connectivity index (χ1n) is 8.71. The maximum Gasteiger partial charge on any atom is 0.256 e. The molecule has 1 heterocycles. The third kappa shape index (κ3) is 4.14. The summed E-state index contributed by atoms with van der Waals surface area (Å²) in [5, 5.41) is 7.80. The number of rotatable bonds is 6. The molecule has 1 atom stereocenters. The van der Waals surface area contributed by atoms with Gasteiger partial charge in [0.1, 0.15) is 5.15 Å². The first kappa shape index (κ1) is 18.2. The molecule has 3 aromatic rings. The number of hydrogen-bond acceptors (Lipinski definition) is 2. The number of nitrogens with zero attached hydrogens (tertiary/aromatic N) is 2. The molecule has 0 aliphatic rings. The molecule has 0 bridgehead atoms. The van der Waals surface area contributed by atoms with Gasteiger partial charge in [-0.15, -0.1) is 0 Å². The molecule has 0 spiro atoms. The normalized spacial score (nSPS) is 12.0. The van der Waals surface area contributed by atoms with Gasteiger partial charge in [-0.3, -0.25) is 4.79 Å². The van der Waals surface area contributed by atoms with Crippen molar-refractivity contribution in [2.45, 2.75) is 32.7 Å². The van der Waals surface area contributed by atoms with Crippen molar-refractivity contribution in [3.63, 3.8) is 0 Å². The average molecular weight is 368 g/mol. The van der Waals surface area contributed by atoms with Crippen molar-refractivity contribution in [3.05, 3.63) is 82.6 Å². The Bertz CT molecular complexity index is 875. The number of benzene rings is 2. The largest absolute Gasteiger partial charge is 0.349 e. The minimum atomic E-state index is -0.185. The van der Waals surface area contributed by atoms with Crippen LogP contribution < -0.4 is 5.32 Å². The molecule has 3 rings (SSSR count). The van der Waals surface area contributed by atoms with E-state index in [-0.39, 0.29) is 11.9 Å².